The van der Waals surface area contributed by atoms with Crippen LogP contribution in [0.2, 0.25) is 5.02 Å². The van der Waals surface area contributed by atoms with Gasteiger partial charge in [-0.3, -0.25) is 9.69 Å². The highest BCUT2D eigenvalue weighted by Gasteiger charge is 2.51. The van der Waals surface area contributed by atoms with Gasteiger partial charge in [-0.05, 0) is 38.5 Å². The number of carbonyl (C=O) groups excluding carboxylic acids is 2. The molecule has 0 spiro atoms. The number of aliphatic hydroxyl groups is 1. The third-order valence-electron chi connectivity index (χ3n) is 4.04. The van der Waals surface area contributed by atoms with Gasteiger partial charge in [-0.2, -0.15) is 5.12 Å². The zero-order chi connectivity index (χ0) is 20.4. The van der Waals surface area contributed by atoms with Gasteiger partial charge in [-0.15, -0.1) is 0 Å². The highest BCUT2D eigenvalue weighted by Crippen LogP contribution is 2.33. The van der Waals surface area contributed by atoms with E-state index in [0.29, 0.717) is 10.6 Å². The normalized spacial score (nSPS) is 22.6. The highest BCUT2D eigenvalue weighted by atomic mass is 35.5. The molecule has 9 heteroatoms. The Kier molecular flexibility index (Phi) is 6.32. The van der Waals surface area contributed by atoms with Crippen LogP contribution in [0.15, 0.2) is 24.3 Å². The second kappa shape index (κ2) is 7.98. The summed E-state index contributed by atoms with van der Waals surface area (Å²) >= 11 is 5.84. The van der Waals surface area contributed by atoms with Crippen molar-refractivity contribution in [2.75, 3.05) is 13.2 Å². The molecule has 0 aliphatic carbocycles. The Morgan fingerprint density at radius 2 is 2.11 bits per heavy atom. The molecule has 1 aliphatic rings. The zero-order valence-electron chi connectivity index (χ0n) is 15.4. The fraction of sp³-hybridized carbons (Fsp3) is 0.556. The van der Waals surface area contributed by atoms with Crippen molar-refractivity contribution in [3.8, 4) is 0 Å². The van der Waals surface area contributed by atoms with Gasteiger partial charge in [0.05, 0.1) is 19.7 Å². The lowest BCUT2D eigenvalue weighted by atomic mass is 10.0. The Hall–Kier alpha value is -1.93. The number of carbonyl (C=O) groups is 2. The summed E-state index contributed by atoms with van der Waals surface area (Å²) in [6, 6.07) is 4.88. The van der Waals surface area contributed by atoms with Crippen LogP contribution in [0.4, 0.5) is 13.7 Å². The van der Waals surface area contributed by atoms with Gasteiger partial charge in [0.1, 0.15) is 11.6 Å². The molecule has 0 aromatic heterocycles. The first-order chi connectivity index (χ1) is 12.4. The molecule has 2 rings (SSSR count). The first-order valence-corrected chi connectivity index (χ1v) is 8.83. The average molecular weight is 405 g/mol. The van der Waals surface area contributed by atoms with Crippen molar-refractivity contribution in [1.29, 1.82) is 0 Å². The minimum Gasteiger partial charge on any atom is -0.444 e. The van der Waals surface area contributed by atoms with Crippen molar-refractivity contribution in [1.82, 2.24) is 10.0 Å². The molecule has 1 heterocycles. The van der Waals surface area contributed by atoms with E-state index in [4.69, 9.17) is 16.3 Å². The first kappa shape index (κ1) is 21.4. The number of halogens is 3. The van der Waals surface area contributed by atoms with Crippen LogP contribution in [-0.2, 0) is 16.1 Å². The van der Waals surface area contributed by atoms with Gasteiger partial charge < -0.3 is 9.84 Å². The maximum atomic E-state index is 14.6. The van der Waals surface area contributed by atoms with Crippen LogP contribution in [0.1, 0.15) is 32.8 Å². The van der Waals surface area contributed by atoms with Gasteiger partial charge >= 0.3 is 6.09 Å². The number of alkyl halides is 1. The lowest BCUT2D eigenvalue weighted by molar-refractivity contribution is -0.153. The molecule has 150 valence electrons. The highest BCUT2D eigenvalue weighted by molar-refractivity contribution is 6.30. The fourth-order valence-electron chi connectivity index (χ4n) is 2.82. The van der Waals surface area contributed by atoms with Gasteiger partial charge in [0.2, 0.25) is 0 Å². The topological polar surface area (TPSA) is 70.1 Å². The van der Waals surface area contributed by atoms with E-state index < -0.39 is 55.4 Å². The Morgan fingerprint density at radius 3 is 2.67 bits per heavy atom. The number of rotatable bonds is 4. The lowest BCUT2D eigenvalue weighted by Crippen LogP contribution is -2.47. The van der Waals surface area contributed by atoms with Crippen LogP contribution >= 0.6 is 11.6 Å². The third-order valence-corrected chi connectivity index (χ3v) is 4.27. The molecule has 1 aromatic carbocycles. The fourth-order valence-corrected chi connectivity index (χ4v) is 3.03. The molecule has 6 nitrogen and oxygen atoms in total. The molecule has 1 N–H and O–H groups in total. The van der Waals surface area contributed by atoms with Gasteiger partial charge in [-0.25, -0.2) is 9.18 Å². The van der Waals surface area contributed by atoms with Gasteiger partial charge in [-0.1, -0.05) is 28.2 Å². The summed E-state index contributed by atoms with van der Waals surface area (Å²) in [4.78, 5) is 25.7. The molecular weight excluding hydrogens is 382 g/mol. The summed E-state index contributed by atoms with van der Waals surface area (Å²) in [5.74, 6) is -1.09. The molecule has 1 fully saturated rings. The quantitative estimate of drug-likeness (QED) is 0.782. The average Bonchev–Trinajstić information content (AvgIpc) is 2.91. The van der Waals surface area contributed by atoms with E-state index in [9.17, 15) is 23.6 Å². The standard InChI is InChI=1S/C18H23ClF2N2O4/c1-17(2,3)27-16(26)22-10-18(20,11-24)8-14(22)15(25)23(21)9-12-5-4-6-13(19)7-12/h4-7,14,24H,8-11H2,1-3H3/t14-,18-/m0/s1. The van der Waals surface area contributed by atoms with E-state index in [-0.39, 0.29) is 5.12 Å². The zero-order valence-corrected chi connectivity index (χ0v) is 16.2. The monoisotopic (exact) mass is 404 g/mol. The molecule has 1 aromatic rings. The number of aliphatic hydroxyl groups excluding tert-OH is 1. The maximum Gasteiger partial charge on any atom is 0.411 e. The van der Waals surface area contributed by atoms with Crippen LogP contribution in [-0.4, -0.2) is 57.6 Å². The number of benzene rings is 1. The molecule has 1 aliphatic heterocycles. The number of ether oxygens (including phenoxy) is 1. The number of hydrogen-bond donors (Lipinski definition) is 1. The number of nitrogens with zero attached hydrogens (tertiary/aromatic N) is 2. The summed E-state index contributed by atoms with van der Waals surface area (Å²) in [7, 11) is 0. The molecular formula is C18H23ClF2N2O4. The molecule has 0 radical (unpaired) electrons. The van der Waals surface area contributed by atoms with E-state index in [1.54, 1.807) is 39.0 Å². The van der Waals surface area contributed by atoms with E-state index in [1.165, 1.54) is 6.07 Å². The number of likely N-dealkylation sites (tertiary alicyclic amines) is 1. The summed E-state index contributed by atoms with van der Waals surface area (Å²) in [5.41, 5.74) is -2.63. The van der Waals surface area contributed by atoms with Crippen molar-refractivity contribution in [3.63, 3.8) is 0 Å². The molecule has 27 heavy (non-hydrogen) atoms. The van der Waals surface area contributed by atoms with Crippen LogP contribution in [0.3, 0.4) is 0 Å². The van der Waals surface area contributed by atoms with E-state index in [1.807, 2.05) is 0 Å². The number of hydrogen-bond acceptors (Lipinski definition) is 4. The minimum atomic E-state index is -2.20. The molecule has 2 amide bonds. The van der Waals surface area contributed by atoms with Crippen molar-refractivity contribution >= 4 is 23.6 Å². The minimum absolute atomic E-state index is 0.0865. The summed E-state index contributed by atoms with van der Waals surface area (Å²) in [6.07, 6.45) is -1.46. The van der Waals surface area contributed by atoms with Crippen LogP contribution in [0.25, 0.3) is 0 Å². The van der Waals surface area contributed by atoms with E-state index in [0.717, 1.165) is 4.90 Å². The second-order valence-corrected chi connectivity index (χ2v) is 8.06. The van der Waals surface area contributed by atoms with Gasteiger partial charge in [0.15, 0.2) is 5.67 Å². The SMILES string of the molecule is CC(C)(C)OC(=O)N1C[C@](F)(CO)C[C@H]1C(=O)N(F)Cc1cccc(Cl)c1. The number of amides is 2. The lowest BCUT2D eigenvalue weighted by Gasteiger charge is -2.28. The third kappa shape index (κ3) is 5.52. The first-order valence-electron chi connectivity index (χ1n) is 8.45. The van der Waals surface area contributed by atoms with Crippen molar-refractivity contribution < 1.29 is 28.3 Å². The van der Waals surface area contributed by atoms with Gasteiger partial charge in [0, 0.05) is 11.4 Å². The van der Waals surface area contributed by atoms with E-state index >= 15 is 0 Å². The molecule has 0 saturated carbocycles. The van der Waals surface area contributed by atoms with Crippen LogP contribution in [0.5, 0.6) is 0 Å². The van der Waals surface area contributed by atoms with Gasteiger partial charge in [0.25, 0.3) is 5.91 Å². The van der Waals surface area contributed by atoms with Crippen molar-refractivity contribution in [2.24, 2.45) is 0 Å². The Balaban J connectivity index is 2.18. The summed E-state index contributed by atoms with van der Waals surface area (Å²) in [5, 5.41) is 9.57. The molecule has 0 bridgehead atoms. The van der Waals surface area contributed by atoms with E-state index in [2.05, 4.69) is 0 Å². The molecule has 1 saturated heterocycles. The molecule has 2 atom stereocenters. The van der Waals surface area contributed by atoms with Crippen LogP contribution in [0, 0.1) is 0 Å². The predicted molar refractivity (Wildman–Crippen MR) is 95.4 cm³/mol. The largest absolute Gasteiger partial charge is 0.444 e. The smallest absolute Gasteiger partial charge is 0.411 e. The predicted octanol–water partition coefficient (Wildman–Crippen LogP) is 3.26. The summed E-state index contributed by atoms with van der Waals surface area (Å²) < 4.78 is 34.3. The maximum absolute atomic E-state index is 14.6. The Morgan fingerprint density at radius 1 is 1.44 bits per heavy atom. The summed E-state index contributed by atoms with van der Waals surface area (Å²) in [6.45, 7) is 3.00. The Labute approximate surface area is 161 Å². The van der Waals surface area contributed by atoms with Crippen LogP contribution < -0.4 is 0 Å². The van der Waals surface area contributed by atoms with Crippen molar-refractivity contribution in [3.05, 3.63) is 34.9 Å². The molecule has 0 unspecified atom stereocenters. The second-order valence-electron chi connectivity index (χ2n) is 7.63. The van der Waals surface area contributed by atoms with Crippen molar-refractivity contribution in [2.45, 2.75) is 51.0 Å². The Bertz CT molecular complexity index is 713.